The number of unbranched alkanes of at least 4 members (excludes halogenated alkanes) is 3. The lowest BCUT2D eigenvalue weighted by molar-refractivity contribution is -0.288. The molecule has 3 heterocycles. The number of hydrogen-bond acceptors (Lipinski definition) is 13. The highest BCUT2D eigenvalue weighted by molar-refractivity contribution is 4.87. The quantitative estimate of drug-likeness (QED) is 0.131. The summed E-state index contributed by atoms with van der Waals surface area (Å²) in [4.78, 5) is 0. The van der Waals surface area contributed by atoms with Gasteiger partial charge in [-0.05, 0) is 33.1 Å². The van der Waals surface area contributed by atoms with Gasteiger partial charge < -0.3 is 64.2 Å². The van der Waals surface area contributed by atoms with Crippen molar-refractivity contribution in [1.82, 2.24) is 0 Å². The molecule has 13 nitrogen and oxygen atoms in total. The highest BCUT2D eigenvalue weighted by Crippen LogP contribution is 2.31. The van der Waals surface area contributed by atoms with Gasteiger partial charge in [-0.1, -0.05) is 60.8 Å². The van der Waals surface area contributed by atoms with Gasteiger partial charge in [-0.15, -0.1) is 0 Å². The third-order valence-electron chi connectivity index (χ3n) is 9.47. The Morgan fingerprint density at radius 2 is 0.851 bits per heavy atom. The molecule has 15 atom stereocenters. The zero-order chi connectivity index (χ0) is 35.7. The number of hydrogen-bond donors (Lipinski definition) is 7. The fourth-order valence-corrected chi connectivity index (χ4v) is 5.37. The molecule has 0 aromatic heterocycles. The summed E-state index contributed by atoms with van der Waals surface area (Å²) in [6.07, 6.45) is -0.948. The van der Waals surface area contributed by atoms with Gasteiger partial charge >= 0.3 is 0 Å². The van der Waals surface area contributed by atoms with Crippen LogP contribution in [0.2, 0.25) is 0 Å². The molecule has 7 N–H and O–H groups in total. The molecule has 3 rings (SSSR count). The fraction of sp³-hybridized carbons (Fsp3) is 1.00. The number of rotatable bonds is 14. The second-order valence-electron chi connectivity index (χ2n) is 13.2. The Balaban J connectivity index is 0.000000353. The van der Waals surface area contributed by atoms with Gasteiger partial charge in [0.15, 0.2) is 18.9 Å². The van der Waals surface area contributed by atoms with Crippen molar-refractivity contribution in [2.75, 3.05) is 33.0 Å². The molecule has 0 aliphatic carbocycles. The van der Waals surface area contributed by atoms with Crippen LogP contribution in [0.3, 0.4) is 0 Å². The van der Waals surface area contributed by atoms with E-state index < -0.39 is 55.5 Å². The van der Waals surface area contributed by atoms with Crippen LogP contribution in [0.4, 0.5) is 0 Å². The molecule has 3 saturated heterocycles. The van der Waals surface area contributed by atoms with Crippen LogP contribution in [0, 0.1) is 23.7 Å². The van der Waals surface area contributed by atoms with Gasteiger partial charge in [0.1, 0.15) is 12.2 Å². The Bertz CT molecular complexity index is 776. The molecular weight excluding hydrogens is 616 g/mol. The van der Waals surface area contributed by atoms with Crippen LogP contribution in [0.1, 0.15) is 93.9 Å². The lowest BCUT2D eigenvalue weighted by atomic mass is 9.86. The second kappa shape index (κ2) is 23.8. The molecule has 13 heteroatoms. The maximum absolute atomic E-state index is 10.0. The Labute approximate surface area is 282 Å². The maximum atomic E-state index is 10.0. The summed E-state index contributed by atoms with van der Waals surface area (Å²) in [5, 5.41) is 67.3. The Morgan fingerprint density at radius 3 is 1.28 bits per heavy atom. The average molecular weight is 685 g/mol. The summed E-state index contributed by atoms with van der Waals surface area (Å²) in [5.41, 5.74) is 0. The van der Waals surface area contributed by atoms with Gasteiger partial charge in [-0.25, -0.2) is 0 Å². The molecule has 0 amide bonds. The van der Waals surface area contributed by atoms with Gasteiger partial charge in [0.25, 0.3) is 0 Å². The molecule has 282 valence electrons. The molecule has 0 bridgehead atoms. The highest BCUT2D eigenvalue weighted by Gasteiger charge is 2.43. The van der Waals surface area contributed by atoms with E-state index in [0.29, 0.717) is 19.8 Å². The van der Waals surface area contributed by atoms with Gasteiger partial charge in [0.2, 0.25) is 0 Å². The molecule has 47 heavy (non-hydrogen) atoms. The van der Waals surface area contributed by atoms with Crippen molar-refractivity contribution in [3.8, 4) is 0 Å². The van der Waals surface area contributed by atoms with Gasteiger partial charge in [0, 0.05) is 37.6 Å². The molecule has 0 saturated carbocycles. The van der Waals surface area contributed by atoms with Crippen molar-refractivity contribution in [2.45, 2.75) is 162 Å². The zero-order valence-electron chi connectivity index (χ0n) is 30.0. The summed E-state index contributed by atoms with van der Waals surface area (Å²) in [6.45, 7) is 16.9. The van der Waals surface area contributed by atoms with Crippen molar-refractivity contribution in [1.29, 1.82) is 0 Å². The molecule has 3 aliphatic rings. The topological polar surface area (TPSA) is 197 Å². The van der Waals surface area contributed by atoms with Crippen LogP contribution in [-0.4, -0.2) is 136 Å². The normalized spacial score (nSPS) is 40.5. The molecule has 15 unspecified atom stereocenters. The fourth-order valence-electron chi connectivity index (χ4n) is 5.37. The first-order valence-corrected chi connectivity index (χ1v) is 17.7. The van der Waals surface area contributed by atoms with E-state index in [1.165, 1.54) is 0 Å². The third kappa shape index (κ3) is 14.0. The highest BCUT2D eigenvalue weighted by atomic mass is 16.7. The molecular formula is C34H68O13. The Morgan fingerprint density at radius 1 is 0.468 bits per heavy atom. The maximum Gasteiger partial charge on any atom is 0.186 e. The first kappa shape index (κ1) is 44.5. The van der Waals surface area contributed by atoms with Crippen molar-refractivity contribution in [2.24, 2.45) is 23.7 Å². The van der Waals surface area contributed by atoms with Crippen LogP contribution >= 0.6 is 0 Å². The first-order chi connectivity index (χ1) is 22.3. The SMILES string of the molecule is CCCCOC1OC(C)C(C)C(O)C1CO.CCCCOC1OC(C)C(C)C(O)C1O.CCCCOC1OC(CO)C(C)C(O)C1O. The van der Waals surface area contributed by atoms with Gasteiger partial charge in [-0.3, -0.25) is 0 Å². The Kier molecular flexibility index (Phi) is 22.5. The number of aliphatic hydroxyl groups excluding tert-OH is 7. The van der Waals surface area contributed by atoms with E-state index in [2.05, 4.69) is 13.8 Å². The average Bonchev–Trinajstić information content (AvgIpc) is 3.06. The minimum absolute atomic E-state index is 0.0307. The van der Waals surface area contributed by atoms with Crippen LogP contribution in [-0.2, 0) is 28.4 Å². The van der Waals surface area contributed by atoms with E-state index in [1.54, 1.807) is 6.92 Å². The van der Waals surface area contributed by atoms with Crippen LogP contribution in [0.25, 0.3) is 0 Å². The Hall–Kier alpha value is -0.520. The predicted molar refractivity (Wildman–Crippen MR) is 175 cm³/mol. The van der Waals surface area contributed by atoms with Crippen molar-refractivity contribution in [3.63, 3.8) is 0 Å². The van der Waals surface area contributed by atoms with E-state index in [0.717, 1.165) is 38.5 Å². The lowest BCUT2D eigenvalue weighted by Crippen LogP contribution is -2.55. The number of aliphatic hydroxyl groups is 7. The van der Waals surface area contributed by atoms with E-state index in [4.69, 9.17) is 33.5 Å². The van der Waals surface area contributed by atoms with Crippen molar-refractivity contribution < 1.29 is 64.2 Å². The third-order valence-corrected chi connectivity index (χ3v) is 9.47. The smallest absolute Gasteiger partial charge is 0.186 e. The summed E-state index contributed by atoms with van der Waals surface area (Å²) >= 11 is 0. The molecule has 0 aromatic rings. The van der Waals surface area contributed by atoms with Gasteiger partial charge in [-0.2, -0.15) is 0 Å². The van der Waals surface area contributed by atoms with Crippen molar-refractivity contribution >= 4 is 0 Å². The standard InChI is InChI=1S/C12H24O4.C11H22O5.C11H22O4/c1-4-5-6-15-12-10(7-13)11(14)8(2)9(3)16-12;1-3-4-5-15-11-10(14)9(13)7(2)8(6-12)16-11;1-4-5-6-14-11-10(13)9(12)7(2)8(3)15-11/h8-14H,4-7H2,1-3H3;7-14H,3-6H2,1-2H3;7-13H,4-6H2,1-3H3. The van der Waals surface area contributed by atoms with Crippen LogP contribution in [0.15, 0.2) is 0 Å². The molecule has 0 radical (unpaired) electrons. The lowest BCUT2D eigenvalue weighted by Gasteiger charge is -2.41. The summed E-state index contributed by atoms with van der Waals surface area (Å²) in [6, 6.07) is 0. The predicted octanol–water partition coefficient (Wildman–Crippen LogP) is 1.94. The zero-order valence-corrected chi connectivity index (χ0v) is 30.0. The van der Waals surface area contributed by atoms with Crippen molar-refractivity contribution in [3.05, 3.63) is 0 Å². The minimum Gasteiger partial charge on any atom is -0.396 e. The first-order valence-electron chi connectivity index (χ1n) is 17.7. The van der Waals surface area contributed by atoms with E-state index in [-0.39, 0.29) is 49.1 Å². The minimum atomic E-state index is -1.05. The molecule has 3 fully saturated rings. The summed E-state index contributed by atoms with van der Waals surface area (Å²) in [7, 11) is 0. The van der Waals surface area contributed by atoms with E-state index >= 15 is 0 Å². The number of ether oxygens (including phenoxy) is 6. The van der Waals surface area contributed by atoms with Gasteiger partial charge in [0.05, 0.1) is 55.8 Å². The summed E-state index contributed by atoms with van der Waals surface area (Å²) < 4.78 is 32.9. The van der Waals surface area contributed by atoms with Crippen LogP contribution in [0.5, 0.6) is 0 Å². The molecule has 0 aromatic carbocycles. The second-order valence-corrected chi connectivity index (χ2v) is 13.2. The molecule has 3 aliphatic heterocycles. The van der Waals surface area contributed by atoms with E-state index in [9.17, 15) is 30.6 Å². The van der Waals surface area contributed by atoms with Crippen LogP contribution < -0.4 is 0 Å². The largest absolute Gasteiger partial charge is 0.396 e. The summed E-state index contributed by atoms with van der Waals surface area (Å²) in [5.74, 6) is -0.664. The monoisotopic (exact) mass is 684 g/mol. The molecule has 0 spiro atoms. The van der Waals surface area contributed by atoms with E-state index in [1.807, 2.05) is 34.6 Å².